The van der Waals surface area contributed by atoms with Crippen molar-refractivity contribution in [2.45, 2.75) is 31.8 Å². The van der Waals surface area contributed by atoms with Crippen LogP contribution in [0.25, 0.3) is 10.8 Å². The predicted octanol–water partition coefficient (Wildman–Crippen LogP) is 3.65. The summed E-state index contributed by atoms with van der Waals surface area (Å²) in [4.78, 5) is 0. The number of rotatable bonds is 8. The molecule has 0 saturated heterocycles. The smallest absolute Gasteiger partial charge is 0.127 e. The first kappa shape index (κ1) is 15.3. The van der Waals surface area contributed by atoms with Gasteiger partial charge in [0.15, 0.2) is 0 Å². The first-order valence-electron chi connectivity index (χ1n) is 7.83. The van der Waals surface area contributed by atoms with Crippen LogP contribution in [0.2, 0.25) is 0 Å². The van der Waals surface area contributed by atoms with E-state index in [0.717, 1.165) is 35.1 Å². The van der Waals surface area contributed by atoms with Crippen LogP contribution in [0.3, 0.4) is 0 Å². The third kappa shape index (κ3) is 3.96. The molecule has 0 atom stereocenters. The van der Waals surface area contributed by atoms with E-state index in [1.54, 1.807) is 19.2 Å². The van der Waals surface area contributed by atoms with Crippen molar-refractivity contribution in [3.05, 3.63) is 41.7 Å². The Labute approximate surface area is 130 Å². The molecule has 0 amide bonds. The van der Waals surface area contributed by atoms with E-state index in [1.165, 1.54) is 18.9 Å². The van der Waals surface area contributed by atoms with E-state index in [9.17, 15) is 4.39 Å². The second-order valence-electron chi connectivity index (χ2n) is 5.81. The standard InChI is InChI=1S/C18H22FNO2/c1-21-7-2-8-22-18-10-13(12-20-16-4-5-16)9-14-11-15(19)3-6-17(14)18/h3,6,9-11,16,20H,2,4-5,7-8,12H2,1H3. The number of benzene rings is 2. The molecule has 0 aromatic heterocycles. The van der Waals surface area contributed by atoms with Gasteiger partial charge in [-0.1, -0.05) is 0 Å². The lowest BCUT2D eigenvalue weighted by Gasteiger charge is -2.12. The summed E-state index contributed by atoms with van der Waals surface area (Å²) in [6, 6.07) is 9.58. The van der Waals surface area contributed by atoms with Crippen LogP contribution < -0.4 is 10.1 Å². The third-order valence-corrected chi connectivity index (χ3v) is 3.86. The van der Waals surface area contributed by atoms with Crippen LogP contribution >= 0.6 is 0 Å². The lowest BCUT2D eigenvalue weighted by atomic mass is 10.1. The van der Waals surface area contributed by atoms with Crippen LogP contribution in [-0.4, -0.2) is 26.4 Å². The van der Waals surface area contributed by atoms with E-state index < -0.39 is 0 Å². The van der Waals surface area contributed by atoms with Crippen molar-refractivity contribution < 1.29 is 13.9 Å². The highest BCUT2D eigenvalue weighted by Crippen LogP contribution is 2.29. The molecule has 1 aliphatic carbocycles. The van der Waals surface area contributed by atoms with E-state index in [-0.39, 0.29) is 5.82 Å². The number of hydrogen-bond acceptors (Lipinski definition) is 3. The van der Waals surface area contributed by atoms with Gasteiger partial charge < -0.3 is 14.8 Å². The van der Waals surface area contributed by atoms with Crippen LogP contribution in [0.15, 0.2) is 30.3 Å². The molecule has 0 spiro atoms. The number of hydrogen-bond donors (Lipinski definition) is 1. The van der Waals surface area contributed by atoms with Crippen molar-refractivity contribution in [3.8, 4) is 5.75 Å². The number of halogens is 1. The molecule has 0 aliphatic heterocycles. The average Bonchev–Trinajstić information content (AvgIpc) is 3.33. The summed E-state index contributed by atoms with van der Waals surface area (Å²) >= 11 is 0. The van der Waals surface area contributed by atoms with Gasteiger partial charge in [0.1, 0.15) is 11.6 Å². The summed E-state index contributed by atoms with van der Waals surface area (Å²) in [5.74, 6) is 0.603. The summed E-state index contributed by atoms with van der Waals surface area (Å²) in [5.41, 5.74) is 1.13. The van der Waals surface area contributed by atoms with Crippen molar-refractivity contribution >= 4 is 10.8 Å². The minimum Gasteiger partial charge on any atom is -0.493 e. The molecule has 0 heterocycles. The number of methoxy groups -OCH3 is 1. The molecule has 2 aromatic carbocycles. The van der Waals surface area contributed by atoms with Crippen molar-refractivity contribution in [1.82, 2.24) is 5.32 Å². The van der Waals surface area contributed by atoms with Crippen LogP contribution in [0, 0.1) is 5.82 Å². The van der Waals surface area contributed by atoms with Gasteiger partial charge >= 0.3 is 0 Å². The SMILES string of the molecule is COCCCOc1cc(CNC2CC2)cc2cc(F)ccc12. The van der Waals surface area contributed by atoms with Gasteiger partial charge in [-0.2, -0.15) is 0 Å². The first-order valence-corrected chi connectivity index (χ1v) is 7.83. The van der Waals surface area contributed by atoms with Gasteiger partial charge in [0, 0.05) is 38.1 Å². The van der Waals surface area contributed by atoms with Crippen molar-refractivity contribution in [3.63, 3.8) is 0 Å². The Morgan fingerprint density at radius 3 is 2.82 bits per heavy atom. The molecule has 1 fully saturated rings. The minimum atomic E-state index is -0.217. The Hall–Kier alpha value is -1.65. The van der Waals surface area contributed by atoms with Gasteiger partial charge in [-0.05, 0) is 54.1 Å². The van der Waals surface area contributed by atoms with Crippen LogP contribution in [0.4, 0.5) is 4.39 Å². The van der Waals surface area contributed by atoms with Crippen molar-refractivity contribution in [2.24, 2.45) is 0 Å². The normalized spacial score (nSPS) is 14.5. The fraction of sp³-hybridized carbons (Fsp3) is 0.444. The van der Waals surface area contributed by atoms with E-state index in [1.807, 2.05) is 6.07 Å². The van der Waals surface area contributed by atoms with E-state index in [2.05, 4.69) is 11.4 Å². The highest BCUT2D eigenvalue weighted by Gasteiger charge is 2.20. The molecule has 3 rings (SSSR count). The van der Waals surface area contributed by atoms with Gasteiger partial charge in [0.25, 0.3) is 0 Å². The average molecular weight is 303 g/mol. The molecule has 0 unspecified atom stereocenters. The Kier molecular flexibility index (Phi) is 4.90. The van der Waals surface area contributed by atoms with E-state index >= 15 is 0 Å². The fourth-order valence-electron chi connectivity index (χ4n) is 2.52. The zero-order chi connectivity index (χ0) is 15.4. The molecule has 3 nitrogen and oxygen atoms in total. The topological polar surface area (TPSA) is 30.5 Å². The second kappa shape index (κ2) is 7.07. The molecule has 1 N–H and O–H groups in total. The predicted molar refractivity (Wildman–Crippen MR) is 85.8 cm³/mol. The number of nitrogens with one attached hydrogen (secondary N) is 1. The number of ether oxygens (including phenoxy) is 2. The Morgan fingerprint density at radius 1 is 1.18 bits per heavy atom. The quantitative estimate of drug-likeness (QED) is 0.755. The largest absolute Gasteiger partial charge is 0.493 e. The molecular formula is C18H22FNO2. The van der Waals surface area contributed by atoms with E-state index in [0.29, 0.717) is 19.3 Å². The van der Waals surface area contributed by atoms with Gasteiger partial charge in [-0.15, -0.1) is 0 Å². The molecule has 4 heteroatoms. The molecule has 2 aromatic rings. The summed E-state index contributed by atoms with van der Waals surface area (Å²) < 4.78 is 24.4. The zero-order valence-corrected chi connectivity index (χ0v) is 12.9. The van der Waals surface area contributed by atoms with Crippen molar-refractivity contribution in [2.75, 3.05) is 20.3 Å². The molecule has 0 radical (unpaired) electrons. The minimum absolute atomic E-state index is 0.217. The van der Waals surface area contributed by atoms with Gasteiger partial charge in [-0.3, -0.25) is 0 Å². The maximum absolute atomic E-state index is 13.5. The highest BCUT2D eigenvalue weighted by atomic mass is 19.1. The zero-order valence-electron chi connectivity index (χ0n) is 12.9. The lowest BCUT2D eigenvalue weighted by Crippen LogP contribution is -2.15. The van der Waals surface area contributed by atoms with Gasteiger partial charge in [-0.25, -0.2) is 4.39 Å². The van der Waals surface area contributed by atoms with Gasteiger partial charge in [0.05, 0.1) is 6.61 Å². The Bertz CT molecular complexity index is 640. The third-order valence-electron chi connectivity index (χ3n) is 3.86. The summed E-state index contributed by atoms with van der Waals surface area (Å²) in [6.07, 6.45) is 3.34. The monoisotopic (exact) mass is 303 g/mol. The Morgan fingerprint density at radius 2 is 2.05 bits per heavy atom. The molecule has 118 valence electrons. The molecule has 1 saturated carbocycles. The van der Waals surface area contributed by atoms with E-state index in [4.69, 9.17) is 9.47 Å². The second-order valence-corrected chi connectivity index (χ2v) is 5.81. The van der Waals surface area contributed by atoms with Crippen LogP contribution in [-0.2, 0) is 11.3 Å². The fourth-order valence-corrected chi connectivity index (χ4v) is 2.52. The van der Waals surface area contributed by atoms with Crippen LogP contribution in [0.1, 0.15) is 24.8 Å². The number of fused-ring (bicyclic) bond motifs is 1. The van der Waals surface area contributed by atoms with Gasteiger partial charge in [0.2, 0.25) is 0 Å². The summed E-state index contributed by atoms with van der Waals surface area (Å²) in [5, 5.41) is 5.33. The first-order chi connectivity index (χ1) is 10.8. The molecule has 1 aliphatic rings. The maximum Gasteiger partial charge on any atom is 0.127 e. The maximum atomic E-state index is 13.5. The highest BCUT2D eigenvalue weighted by molar-refractivity contribution is 5.89. The van der Waals surface area contributed by atoms with Crippen molar-refractivity contribution in [1.29, 1.82) is 0 Å². The van der Waals surface area contributed by atoms with Crippen LogP contribution in [0.5, 0.6) is 5.75 Å². The summed E-state index contributed by atoms with van der Waals surface area (Å²) in [7, 11) is 1.68. The summed E-state index contributed by atoms with van der Waals surface area (Å²) in [6.45, 7) is 2.07. The molecular weight excluding hydrogens is 281 g/mol. The Balaban J connectivity index is 1.81. The lowest BCUT2D eigenvalue weighted by molar-refractivity contribution is 0.172. The molecule has 22 heavy (non-hydrogen) atoms. The molecule has 0 bridgehead atoms.